The SMILES string of the molecule is CCN1C=C(S(=O)(=O)c2ccc(C)cc2)CCC1. The Morgan fingerprint density at radius 3 is 2.50 bits per heavy atom. The maximum atomic E-state index is 12.5. The molecule has 2 rings (SSSR count). The Hall–Kier alpha value is -1.29. The molecule has 0 aliphatic carbocycles. The predicted octanol–water partition coefficient (Wildman–Crippen LogP) is 2.73. The van der Waals surface area contributed by atoms with E-state index in [1.165, 1.54) is 0 Å². The van der Waals surface area contributed by atoms with Gasteiger partial charge in [0.05, 0.1) is 9.80 Å². The molecule has 0 atom stereocenters. The number of hydrogen-bond acceptors (Lipinski definition) is 3. The summed E-state index contributed by atoms with van der Waals surface area (Å²) in [7, 11) is -3.30. The lowest BCUT2D eigenvalue weighted by atomic mass is 10.2. The molecule has 0 saturated heterocycles. The van der Waals surface area contributed by atoms with Crippen molar-refractivity contribution in [1.29, 1.82) is 0 Å². The lowest BCUT2D eigenvalue weighted by molar-refractivity contribution is 0.370. The van der Waals surface area contributed by atoms with Gasteiger partial charge in [0.15, 0.2) is 0 Å². The largest absolute Gasteiger partial charge is 0.377 e. The zero-order valence-electron chi connectivity index (χ0n) is 10.9. The van der Waals surface area contributed by atoms with E-state index in [-0.39, 0.29) is 0 Å². The summed E-state index contributed by atoms with van der Waals surface area (Å²) in [6, 6.07) is 7.06. The first-order chi connectivity index (χ1) is 8.54. The minimum absolute atomic E-state index is 0.400. The van der Waals surface area contributed by atoms with Gasteiger partial charge in [0, 0.05) is 19.3 Å². The molecule has 1 aromatic rings. The minimum Gasteiger partial charge on any atom is -0.377 e. The van der Waals surface area contributed by atoms with E-state index in [4.69, 9.17) is 0 Å². The fourth-order valence-electron chi connectivity index (χ4n) is 2.11. The molecular weight excluding hydrogens is 246 g/mol. The van der Waals surface area contributed by atoms with Gasteiger partial charge >= 0.3 is 0 Å². The minimum atomic E-state index is -3.30. The van der Waals surface area contributed by atoms with Crippen LogP contribution in [0.3, 0.4) is 0 Å². The number of benzene rings is 1. The number of sulfone groups is 1. The van der Waals surface area contributed by atoms with E-state index < -0.39 is 9.84 Å². The highest BCUT2D eigenvalue weighted by molar-refractivity contribution is 7.95. The number of hydrogen-bond donors (Lipinski definition) is 0. The monoisotopic (exact) mass is 265 g/mol. The Bertz CT molecular complexity index is 544. The molecule has 0 N–H and O–H groups in total. The van der Waals surface area contributed by atoms with Crippen LogP contribution < -0.4 is 0 Å². The van der Waals surface area contributed by atoms with Crippen molar-refractivity contribution in [3.63, 3.8) is 0 Å². The molecule has 18 heavy (non-hydrogen) atoms. The van der Waals surface area contributed by atoms with Gasteiger partial charge in [0.1, 0.15) is 0 Å². The van der Waals surface area contributed by atoms with E-state index in [0.717, 1.165) is 25.1 Å². The highest BCUT2D eigenvalue weighted by Gasteiger charge is 2.23. The predicted molar refractivity (Wildman–Crippen MR) is 72.9 cm³/mol. The van der Waals surface area contributed by atoms with Gasteiger partial charge < -0.3 is 4.90 Å². The van der Waals surface area contributed by atoms with E-state index in [9.17, 15) is 8.42 Å². The van der Waals surface area contributed by atoms with Crippen molar-refractivity contribution in [3.05, 3.63) is 40.9 Å². The van der Waals surface area contributed by atoms with Gasteiger partial charge in [-0.25, -0.2) is 8.42 Å². The summed E-state index contributed by atoms with van der Waals surface area (Å²) in [5, 5.41) is 0. The molecule has 0 aromatic heterocycles. The van der Waals surface area contributed by atoms with Crippen LogP contribution in [0.5, 0.6) is 0 Å². The van der Waals surface area contributed by atoms with Crippen LogP contribution in [0, 0.1) is 6.92 Å². The normalized spacial score (nSPS) is 16.6. The Labute approximate surface area is 109 Å². The van der Waals surface area contributed by atoms with Crippen molar-refractivity contribution < 1.29 is 8.42 Å². The first-order valence-corrected chi connectivity index (χ1v) is 7.79. The van der Waals surface area contributed by atoms with Gasteiger partial charge in [-0.05, 0) is 38.8 Å². The van der Waals surface area contributed by atoms with Gasteiger partial charge in [0.2, 0.25) is 9.84 Å². The fourth-order valence-corrected chi connectivity index (χ4v) is 3.61. The van der Waals surface area contributed by atoms with Gasteiger partial charge in [-0.15, -0.1) is 0 Å². The summed E-state index contributed by atoms with van der Waals surface area (Å²) in [5.41, 5.74) is 1.07. The maximum Gasteiger partial charge on any atom is 0.204 e. The molecule has 0 unspecified atom stereocenters. The summed E-state index contributed by atoms with van der Waals surface area (Å²) in [6.07, 6.45) is 3.36. The number of aryl methyl sites for hydroxylation is 1. The molecule has 98 valence electrons. The van der Waals surface area contributed by atoms with Crippen molar-refractivity contribution in [1.82, 2.24) is 4.90 Å². The quantitative estimate of drug-likeness (QED) is 0.843. The first kappa shape index (κ1) is 13.1. The van der Waals surface area contributed by atoms with Crippen LogP contribution in [-0.2, 0) is 9.84 Å². The number of nitrogens with zero attached hydrogens (tertiary/aromatic N) is 1. The van der Waals surface area contributed by atoms with Crippen molar-refractivity contribution in [3.8, 4) is 0 Å². The summed E-state index contributed by atoms with van der Waals surface area (Å²) >= 11 is 0. The molecule has 0 fully saturated rings. The summed E-state index contributed by atoms with van der Waals surface area (Å²) in [4.78, 5) is 3.00. The average Bonchev–Trinajstić information content (AvgIpc) is 2.39. The highest BCUT2D eigenvalue weighted by atomic mass is 32.2. The Kier molecular flexibility index (Phi) is 3.76. The van der Waals surface area contributed by atoms with Crippen molar-refractivity contribution >= 4 is 9.84 Å². The molecule has 0 spiro atoms. The van der Waals surface area contributed by atoms with E-state index in [1.807, 2.05) is 26.0 Å². The molecule has 3 nitrogen and oxygen atoms in total. The van der Waals surface area contributed by atoms with Crippen molar-refractivity contribution in [2.75, 3.05) is 13.1 Å². The third-order valence-electron chi connectivity index (χ3n) is 3.28. The molecule has 0 bridgehead atoms. The van der Waals surface area contributed by atoms with Crippen LogP contribution in [0.1, 0.15) is 25.3 Å². The molecule has 0 radical (unpaired) electrons. The zero-order valence-corrected chi connectivity index (χ0v) is 11.7. The lowest BCUT2D eigenvalue weighted by Crippen LogP contribution is -2.24. The van der Waals surface area contributed by atoms with Crippen LogP contribution in [0.2, 0.25) is 0 Å². The van der Waals surface area contributed by atoms with E-state index in [1.54, 1.807) is 18.3 Å². The van der Waals surface area contributed by atoms with Crippen LogP contribution in [-0.4, -0.2) is 26.4 Å². The second-order valence-electron chi connectivity index (χ2n) is 4.64. The smallest absolute Gasteiger partial charge is 0.204 e. The van der Waals surface area contributed by atoms with Gasteiger partial charge in [-0.1, -0.05) is 17.7 Å². The molecule has 1 aromatic carbocycles. The van der Waals surface area contributed by atoms with Crippen LogP contribution in [0.15, 0.2) is 40.3 Å². The zero-order chi connectivity index (χ0) is 13.2. The summed E-state index contributed by atoms with van der Waals surface area (Å²) in [5.74, 6) is 0. The van der Waals surface area contributed by atoms with E-state index in [2.05, 4.69) is 4.90 Å². The number of rotatable bonds is 3. The second kappa shape index (κ2) is 5.14. The Morgan fingerprint density at radius 2 is 1.89 bits per heavy atom. The van der Waals surface area contributed by atoms with Gasteiger partial charge in [-0.3, -0.25) is 0 Å². The summed E-state index contributed by atoms with van der Waals surface area (Å²) in [6.45, 7) is 5.80. The highest BCUT2D eigenvalue weighted by Crippen LogP contribution is 2.26. The molecule has 1 aliphatic heterocycles. The van der Waals surface area contributed by atoms with Crippen LogP contribution in [0.4, 0.5) is 0 Å². The molecular formula is C14H19NO2S. The third-order valence-corrected chi connectivity index (χ3v) is 5.17. The molecule has 1 aliphatic rings. The average molecular weight is 265 g/mol. The second-order valence-corrected chi connectivity index (χ2v) is 6.65. The van der Waals surface area contributed by atoms with Gasteiger partial charge in [0.25, 0.3) is 0 Å². The number of allylic oxidation sites excluding steroid dienone is 1. The Morgan fingerprint density at radius 1 is 1.22 bits per heavy atom. The van der Waals surface area contributed by atoms with E-state index in [0.29, 0.717) is 16.2 Å². The lowest BCUT2D eigenvalue weighted by Gasteiger charge is -2.25. The standard InChI is InChI=1S/C14H19NO2S/c1-3-15-10-4-5-14(11-15)18(16,17)13-8-6-12(2)7-9-13/h6-9,11H,3-5,10H2,1-2H3. The molecule has 0 amide bonds. The summed E-state index contributed by atoms with van der Waals surface area (Å²) < 4.78 is 24.9. The first-order valence-electron chi connectivity index (χ1n) is 6.30. The Balaban J connectivity index is 2.36. The van der Waals surface area contributed by atoms with Crippen LogP contribution in [0.25, 0.3) is 0 Å². The maximum absolute atomic E-state index is 12.5. The van der Waals surface area contributed by atoms with Crippen LogP contribution >= 0.6 is 0 Å². The van der Waals surface area contributed by atoms with Crippen molar-refractivity contribution in [2.45, 2.75) is 31.6 Å². The van der Waals surface area contributed by atoms with Gasteiger partial charge in [-0.2, -0.15) is 0 Å². The molecule has 0 saturated carbocycles. The molecule has 4 heteroatoms. The third kappa shape index (κ3) is 2.58. The van der Waals surface area contributed by atoms with Crippen molar-refractivity contribution in [2.24, 2.45) is 0 Å². The topological polar surface area (TPSA) is 37.4 Å². The molecule has 1 heterocycles. The fraction of sp³-hybridized carbons (Fsp3) is 0.429. The van der Waals surface area contributed by atoms with E-state index >= 15 is 0 Å².